The number of benzene rings is 1. The van der Waals surface area contributed by atoms with E-state index in [1.165, 1.54) is 23.5 Å². The number of hydrogen-bond acceptors (Lipinski definition) is 3. The molecule has 0 bridgehead atoms. The van der Waals surface area contributed by atoms with Crippen molar-refractivity contribution in [2.75, 3.05) is 18.0 Å². The summed E-state index contributed by atoms with van der Waals surface area (Å²) in [7, 11) is 0. The highest BCUT2D eigenvalue weighted by Crippen LogP contribution is 2.32. The van der Waals surface area contributed by atoms with Crippen molar-refractivity contribution in [3.8, 4) is 11.3 Å². The second-order valence-electron chi connectivity index (χ2n) is 4.73. The predicted molar refractivity (Wildman–Crippen MR) is 73.7 cm³/mol. The van der Waals surface area contributed by atoms with Gasteiger partial charge in [0.05, 0.1) is 10.7 Å². The molecule has 0 atom stereocenters. The van der Waals surface area contributed by atoms with Gasteiger partial charge in [-0.2, -0.15) is 0 Å². The lowest BCUT2D eigenvalue weighted by Gasteiger charge is -2.19. The molecular weight excluding hydrogens is 266 g/mol. The van der Waals surface area contributed by atoms with Gasteiger partial charge in [-0.1, -0.05) is 0 Å². The van der Waals surface area contributed by atoms with Gasteiger partial charge in [-0.15, -0.1) is 11.3 Å². The third-order valence-electron chi connectivity index (χ3n) is 3.35. The molecule has 2 nitrogen and oxygen atoms in total. The molecule has 0 radical (unpaired) electrons. The first-order valence-electron chi connectivity index (χ1n) is 6.31. The third kappa shape index (κ3) is 2.34. The molecular formula is C14H14F2N2S. The molecule has 3 rings (SSSR count). The van der Waals surface area contributed by atoms with Gasteiger partial charge >= 0.3 is 0 Å². The third-order valence-corrected chi connectivity index (χ3v) is 4.13. The zero-order chi connectivity index (χ0) is 13.4. The number of aryl methyl sites for hydroxylation is 1. The number of hydrogen-bond donors (Lipinski definition) is 0. The molecule has 1 aliphatic rings. The monoisotopic (exact) mass is 280 g/mol. The number of rotatable bonds is 2. The van der Waals surface area contributed by atoms with E-state index in [1.54, 1.807) is 4.90 Å². The summed E-state index contributed by atoms with van der Waals surface area (Å²) in [5.74, 6) is -0.995. The maximum Gasteiger partial charge on any atom is 0.150 e. The van der Waals surface area contributed by atoms with Gasteiger partial charge in [-0.3, -0.25) is 0 Å². The van der Waals surface area contributed by atoms with Crippen LogP contribution in [0.5, 0.6) is 0 Å². The van der Waals surface area contributed by atoms with Gasteiger partial charge in [0.25, 0.3) is 0 Å². The lowest BCUT2D eigenvalue weighted by Crippen LogP contribution is -2.20. The van der Waals surface area contributed by atoms with Gasteiger partial charge in [0.15, 0.2) is 0 Å². The van der Waals surface area contributed by atoms with E-state index in [0.29, 0.717) is 11.3 Å². The van der Waals surface area contributed by atoms with Crippen molar-refractivity contribution in [1.29, 1.82) is 0 Å². The maximum atomic E-state index is 14.1. The van der Waals surface area contributed by atoms with Crippen LogP contribution in [0.25, 0.3) is 11.3 Å². The van der Waals surface area contributed by atoms with E-state index < -0.39 is 11.6 Å². The van der Waals surface area contributed by atoms with Crippen molar-refractivity contribution in [3.63, 3.8) is 0 Å². The normalized spacial score (nSPS) is 15.2. The Morgan fingerprint density at radius 2 is 1.79 bits per heavy atom. The number of aromatic nitrogens is 1. The molecule has 1 aliphatic heterocycles. The number of anilines is 1. The van der Waals surface area contributed by atoms with Gasteiger partial charge in [-0.05, 0) is 31.9 Å². The molecule has 1 saturated heterocycles. The Morgan fingerprint density at radius 3 is 2.32 bits per heavy atom. The smallest absolute Gasteiger partial charge is 0.150 e. The van der Waals surface area contributed by atoms with Crippen molar-refractivity contribution in [2.45, 2.75) is 19.8 Å². The van der Waals surface area contributed by atoms with Crippen molar-refractivity contribution in [1.82, 2.24) is 4.98 Å². The van der Waals surface area contributed by atoms with E-state index in [2.05, 4.69) is 4.98 Å². The second-order valence-corrected chi connectivity index (χ2v) is 5.80. The fourth-order valence-electron chi connectivity index (χ4n) is 2.45. The fourth-order valence-corrected chi connectivity index (χ4v) is 3.07. The molecule has 2 aromatic rings. The molecule has 19 heavy (non-hydrogen) atoms. The largest absolute Gasteiger partial charge is 0.367 e. The summed E-state index contributed by atoms with van der Waals surface area (Å²) in [4.78, 5) is 6.04. The molecule has 0 saturated carbocycles. The summed E-state index contributed by atoms with van der Waals surface area (Å²) in [6.45, 7) is 3.32. The minimum absolute atomic E-state index is 0.105. The SMILES string of the molecule is Cc1nc(-c2cc(F)c(N3CCCC3)c(F)c2)cs1. The lowest BCUT2D eigenvalue weighted by molar-refractivity contribution is 0.578. The van der Waals surface area contributed by atoms with Crippen molar-refractivity contribution in [2.24, 2.45) is 0 Å². The van der Waals surface area contributed by atoms with Crippen molar-refractivity contribution < 1.29 is 8.78 Å². The van der Waals surface area contributed by atoms with E-state index >= 15 is 0 Å². The quantitative estimate of drug-likeness (QED) is 0.826. The fraction of sp³-hybridized carbons (Fsp3) is 0.357. The Bertz CT molecular complexity index is 580. The topological polar surface area (TPSA) is 16.1 Å². The molecule has 1 fully saturated rings. The standard InChI is InChI=1S/C14H14F2N2S/c1-9-17-13(8-19-9)10-6-11(15)14(12(16)7-10)18-4-2-3-5-18/h6-8H,2-5H2,1H3. The Kier molecular flexibility index (Phi) is 3.22. The van der Waals surface area contributed by atoms with Gasteiger partial charge in [0.2, 0.25) is 0 Å². The molecule has 0 aliphatic carbocycles. The molecule has 5 heteroatoms. The van der Waals surface area contributed by atoms with E-state index in [9.17, 15) is 8.78 Å². The minimum Gasteiger partial charge on any atom is -0.367 e. The predicted octanol–water partition coefficient (Wildman–Crippen LogP) is 4.00. The molecule has 0 N–H and O–H groups in total. The Morgan fingerprint density at radius 1 is 1.16 bits per heavy atom. The van der Waals surface area contributed by atoms with Crippen LogP contribution < -0.4 is 4.90 Å². The molecule has 0 spiro atoms. The average Bonchev–Trinajstić information content (AvgIpc) is 2.99. The van der Waals surface area contributed by atoms with Crippen LogP contribution in [-0.4, -0.2) is 18.1 Å². The van der Waals surface area contributed by atoms with Gasteiger partial charge in [0.1, 0.15) is 17.3 Å². The zero-order valence-corrected chi connectivity index (χ0v) is 11.4. The number of halogens is 2. The van der Waals surface area contributed by atoms with Crippen molar-refractivity contribution >= 4 is 17.0 Å². The Balaban J connectivity index is 2.02. The summed E-state index contributed by atoms with van der Waals surface area (Å²) < 4.78 is 28.3. The second kappa shape index (κ2) is 4.89. The van der Waals surface area contributed by atoms with Crippen LogP contribution >= 0.6 is 11.3 Å². The van der Waals surface area contributed by atoms with Crippen LogP contribution in [0.2, 0.25) is 0 Å². The number of nitrogens with zero attached hydrogens (tertiary/aromatic N) is 2. The van der Waals surface area contributed by atoms with Crippen LogP contribution in [-0.2, 0) is 0 Å². The Labute approximate surface area is 114 Å². The first kappa shape index (κ1) is 12.5. The summed E-state index contributed by atoms with van der Waals surface area (Å²) in [6, 6.07) is 2.76. The van der Waals surface area contributed by atoms with Crippen LogP contribution in [0.4, 0.5) is 14.5 Å². The summed E-state index contributed by atoms with van der Waals surface area (Å²) in [5.41, 5.74) is 1.24. The first-order chi connectivity index (χ1) is 9.15. The molecule has 2 heterocycles. The highest BCUT2D eigenvalue weighted by Gasteiger charge is 2.21. The van der Waals surface area contributed by atoms with Crippen LogP contribution in [0, 0.1) is 18.6 Å². The van der Waals surface area contributed by atoms with E-state index in [-0.39, 0.29) is 5.69 Å². The molecule has 0 unspecified atom stereocenters. The first-order valence-corrected chi connectivity index (χ1v) is 7.19. The van der Waals surface area contributed by atoms with Crippen LogP contribution in [0.15, 0.2) is 17.5 Å². The molecule has 100 valence electrons. The average molecular weight is 280 g/mol. The molecule has 0 amide bonds. The zero-order valence-electron chi connectivity index (χ0n) is 10.6. The summed E-state index contributed by atoms with van der Waals surface area (Å²) >= 11 is 1.47. The van der Waals surface area contributed by atoms with Crippen LogP contribution in [0.1, 0.15) is 17.8 Å². The van der Waals surface area contributed by atoms with Gasteiger partial charge < -0.3 is 4.90 Å². The lowest BCUT2D eigenvalue weighted by atomic mass is 10.1. The number of thiazole rings is 1. The van der Waals surface area contributed by atoms with E-state index in [1.807, 2.05) is 12.3 Å². The van der Waals surface area contributed by atoms with E-state index in [0.717, 1.165) is 30.9 Å². The highest BCUT2D eigenvalue weighted by molar-refractivity contribution is 7.09. The molecule has 1 aromatic heterocycles. The van der Waals surface area contributed by atoms with Gasteiger partial charge in [-0.25, -0.2) is 13.8 Å². The van der Waals surface area contributed by atoms with Crippen molar-refractivity contribution in [3.05, 3.63) is 34.2 Å². The highest BCUT2D eigenvalue weighted by atomic mass is 32.1. The van der Waals surface area contributed by atoms with Crippen LogP contribution in [0.3, 0.4) is 0 Å². The maximum absolute atomic E-state index is 14.1. The van der Waals surface area contributed by atoms with Gasteiger partial charge in [0, 0.05) is 24.0 Å². The minimum atomic E-state index is -0.498. The Hall–Kier alpha value is -1.49. The van der Waals surface area contributed by atoms with E-state index in [4.69, 9.17) is 0 Å². The summed E-state index contributed by atoms with van der Waals surface area (Å²) in [6.07, 6.45) is 1.98. The summed E-state index contributed by atoms with van der Waals surface area (Å²) in [5, 5.41) is 2.71. The molecule has 1 aromatic carbocycles.